The fraction of sp³-hybridized carbons (Fsp3) is 0.643. The van der Waals surface area contributed by atoms with E-state index in [9.17, 15) is 4.79 Å². The van der Waals surface area contributed by atoms with Crippen molar-refractivity contribution in [2.45, 2.75) is 32.7 Å². The van der Waals surface area contributed by atoms with Crippen molar-refractivity contribution in [2.75, 3.05) is 26.8 Å². The molecule has 0 unspecified atom stereocenters. The third kappa shape index (κ3) is 5.72. The SMILES string of the molecule is COCCN(CC(=O)O)Cc1ccc(C(C)(C)C)s1. The van der Waals surface area contributed by atoms with E-state index in [1.54, 1.807) is 18.4 Å². The molecule has 0 atom stereocenters. The van der Waals surface area contributed by atoms with Gasteiger partial charge in [0.25, 0.3) is 0 Å². The lowest BCUT2D eigenvalue weighted by Gasteiger charge is -2.19. The second kappa shape index (κ2) is 7.03. The molecule has 1 heterocycles. The molecule has 1 N–H and O–H groups in total. The molecule has 0 radical (unpaired) electrons. The summed E-state index contributed by atoms with van der Waals surface area (Å²) in [6.07, 6.45) is 0. The van der Waals surface area contributed by atoms with Crippen LogP contribution in [0.4, 0.5) is 0 Å². The van der Waals surface area contributed by atoms with Crippen LogP contribution in [0, 0.1) is 0 Å². The number of carbonyl (C=O) groups is 1. The number of ether oxygens (including phenoxy) is 1. The van der Waals surface area contributed by atoms with Gasteiger partial charge in [0.1, 0.15) is 0 Å². The quantitative estimate of drug-likeness (QED) is 0.836. The van der Waals surface area contributed by atoms with Crippen LogP contribution >= 0.6 is 11.3 Å². The summed E-state index contributed by atoms with van der Waals surface area (Å²) < 4.78 is 5.02. The first-order chi connectivity index (χ1) is 8.82. The molecule has 0 fully saturated rings. The summed E-state index contributed by atoms with van der Waals surface area (Å²) in [4.78, 5) is 15.3. The van der Waals surface area contributed by atoms with Gasteiger partial charge in [-0.1, -0.05) is 20.8 Å². The Morgan fingerprint density at radius 3 is 2.58 bits per heavy atom. The zero-order chi connectivity index (χ0) is 14.5. The van der Waals surface area contributed by atoms with Gasteiger partial charge in [0, 0.05) is 30.0 Å². The van der Waals surface area contributed by atoms with Gasteiger partial charge in [-0.15, -0.1) is 11.3 Å². The minimum absolute atomic E-state index is 0.0477. The molecule has 0 bridgehead atoms. The van der Waals surface area contributed by atoms with Gasteiger partial charge < -0.3 is 9.84 Å². The molecule has 0 amide bonds. The number of rotatable bonds is 7. The zero-order valence-corrected chi connectivity index (χ0v) is 12.9. The normalized spacial score (nSPS) is 12.1. The predicted octanol–water partition coefficient (Wildman–Crippen LogP) is 2.58. The van der Waals surface area contributed by atoms with Gasteiger partial charge in [-0.25, -0.2) is 0 Å². The van der Waals surface area contributed by atoms with Crippen LogP contribution in [0.5, 0.6) is 0 Å². The standard InChI is InChI=1S/C14H23NO3S/c1-14(2,3)12-6-5-11(19-12)9-15(7-8-18-4)10-13(16)17/h5-6H,7-10H2,1-4H3,(H,16,17). The second-order valence-corrected chi connectivity index (χ2v) is 6.78. The summed E-state index contributed by atoms with van der Waals surface area (Å²) in [5, 5.41) is 8.92. The van der Waals surface area contributed by atoms with Crippen LogP contribution in [0.3, 0.4) is 0 Å². The number of aliphatic carboxylic acids is 1. The Morgan fingerprint density at radius 2 is 2.11 bits per heavy atom. The molecule has 0 aliphatic rings. The number of carboxylic acid groups (broad SMARTS) is 1. The first-order valence-corrected chi connectivity index (χ1v) is 7.17. The van der Waals surface area contributed by atoms with Crippen molar-refractivity contribution in [1.29, 1.82) is 0 Å². The minimum Gasteiger partial charge on any atom is -0.480 e. The van der Waals surface area contributed by atoms with Crippen LogP contribution in [-0.2, 0) is 21.5 Å². The molecule has 0 aliphatic heterocycles. The van der Waals surface area contributed by atoms with Crippen molar-refractivity contribution in [1.82, 2.24) is 4.90 Å². The van der Waals surface area contributed by atoms with E-state index >= 15 is 0 Å². The molecule has 4 nitrogen and oxygen atoms in total. The first kappa shape index (κ1) is 16.1. The van der Waals surface area contributed by atoms with Gasteiger partial charge in [-0.05, 0) is 17.5 Å². The van der Waals surface area contributed by atoms with Crippen LogP contribution in [0.2, 0.25) is 0 Å². The number of carboxylic acids is 1. The third-order valence-electron chi connectivity index (χ3n) is 2.75. The largest absolute Gasteiger partial charge is 0.480 e. The Labute approximate surface area is 119 Å². The molecule has 108 valence electrons. The number of hydrogen-bond donors (Lipinski definition) is 1. The van der Waals surface area contributed by atoms with E-state index in [1.807, 2.05) is 4.90 Å². The van der Waals surface area contributed by atoms with E-state index in [1.165, 1.54) is 9.75 Å². The van der Waals surface area contributed by atoms with Gasteiger partial charge in [0.05, 0.1) is 13.2 Å². The summed E-state index contributed by atoms with van der Waals surface area (Å²) in [6.45, 7) is 8.44. The lowest BCUT2D eigenvalue weighted by atomic mass is 9.95. The molecular weight excluding hydrogens is 262 g/mol. The maximum atomic E-state index is 10.8. The smallest absolute Gasteiger partial charge is 0.317 e. The van der Waals surface area contributed by atoms with Gasteiger partial charge in [-0.2, -0.15) is 0 Å². The van der Waals surface area contributed by atoms with Crippen LogP contribution in [0.1, 0.15) is 30.5 Å². The van der Waals surface area contributed by atoms with Crippen molar-refractivity contribution in [2.24, 2.45) is 0 Å². The Bertz CT molecular complexity index is 409. The fourth-order valence-electron chi connectivity index (χ4n) is 1.71. The average molecular weight is 285 g/mol. The maximum absolute atomic E-state index is 10.8. The number of methoxy groups -OCH3 is 1. The van der Waals surface area contributed by atoms with Crippen LogP contribution in [0.15, 0.2) is 12.1 Å². The minimum atomic E-state index is -0.802. The second-order valence-electron chi connectivity index (χ2n) is 5.61. The first-order valence-electron chi connectivity index (χ1n) is 6.35. The van der Waals surface area contributed by atoms with E-state index in [0.717, 1.165) is 0 Å². The summed E-state index contributed by atoms with van der Waals surface area (Å²) in [5.74, 6) is -0.802. The number of nitrogens with zero attached hydrogens (tertiary/aromatic N) is 1. The highest BCUT2D eigenvalue weighted by Crippen LogP contribution is 2.29. The van der Waals surface area contributed by atoms with E-state index < -0.39 is 5.97 Å². The van der Waals surface area contributed by atoms with E-state index in [2.05, 4.69) is 32.9 Å². The highest BCUT2D eigenvalue weighted by molar-refractivity contribution is 7.12. The van der Waals surface area contributed by atoms with Crippen LogP contribution in [0.25, 0.3) is 0 Å². The molecule has 0 saturated heterocycles. The van der Waals surface area contributed by atoms with Crippen molar-refractivity contribution >= 4 is 17.3 Å². The molecule has 0 aliphatic carbocycles. The van der Waals surface area contributed by atoms with Gasteiger partial charge >= 0.3 is 5.97 Å². The summed E-state index contributed by atoms with van der Waals surface area (Å²) >= 11 is 1.75. The highest BCUT2D eigenvalue weighted by atomic mass is 32.1. The van der Waals surface area contributed by atoms with Crippen molar-refractivity contribution in [3.63, 3.8) is 0 Å². The molecule has 1 rings (SSSR count). The van der Waals surface area contributed by atoms with Crippen LogP contribution in [-0.4, -0.2) is 42.8 Å². The van der Waals surface area contributed by atoms with E-state index in [4.69, 9.17) is 9.84 Å². The molecule has 1 aromatic rings. The zero-order valence-electron chi connectivity index (χ0n) is 12.1. The van der Waals surface area contributed by atoms with Crippen LogP contribution < -0.4 is 0 Å². The number of thiophene rings is 1. The molecular formula is C14H23NO3S. The Balaban J connectivity index is 2.67. The Kier molecular flexibility index (Phi) is 5.97. The van der Waals surface area contributed by atoms with Crippen molar-refractivity contribution in [3.8, 4) is 0 Å². The summed E-state index contributed by atoms with van der Waals surface area (Å²) in [5.41, 5.74) is 0.146. The fourth-order valence-corrected chi connectivity index (χ4v) is 2.82. The highest BCUT2D eigenvalue weighted by Gasteiger charge is 2.17. The Hall–Kier alpha value is -0.910. The monoisotopic (exact) mass is 285 g/mol. The molecule has 1 aromatic heterocycles. The van der Waals surface area contributed by atoms with E-state index in [-0.39, 0.29) is 12.0 Å². The summed E-state index contributed by atoms with van der Waals surface area (Å²) in [7, 11) is 1.63. The maximum Gasteiger partial charge on any atom is 0.317 e. The van der Waals surface area contributed by atoms with E-state index in [0.29, 0.717) is 19.7 Å². The van der Waals surface area contributed by atoms with Gasteiger partial charge in [0.15, 0.2) is 0 Å². The van der Waals surface area contributed by atoms with Crippen molar-refractivity contribution < 1.29 is 14.6 Å². The average Bonchev–Trinajstić information content (AvgIpc) is 2.73. The third-order valence-corrected chi connectivity index (χ3v) is 4.25. The molecule has 19 heavy (non-hydrogen) atoms. The Morgan fingerprint density at radius 1 is 1.42 bits per heavy atom. The topological polar surface area (TPSA) is 49.8 Å². The number of hydrogen-bond acceptors (Lipinski definition) is 4. The lowest BCUT2D eigenvalue weighted by Crippen LogP contribution is -2.31. The van der Waals surface area contributed by atoms with Crippen molar-refractivity contribution in [3.05, 3.63) is 21.9 Å². The van der Waals surface area contributed by atoms with Gasteiger partial charge in [0.2, 0.25) is 0 Å². The molecule has 0 spiro atoms. The summed E-state index contributed by atoms with van der Waals surface area (Å²) in [6, 6.07) is 4.22. The molecule has 0 saturated carbocycles. The molecule has 0 aromatic carbocycles. The molecule has 5 heteroatoms. The predicted molar refractivity (Wildman–Crippen MR) is 77.8 cm³/mol. The van der Waals surface area contributed by atoms with Gasteiger partial charge in [-0.3, -0.25) is 9.69 Å². The lowest BCUT2D eigenvalue weighted by molar-refractivity contribution is -0.138.